The smallest absolute Gasteiger partial charge is 0.351 e. The van der Waals surface area contributed by atoms with Crippen LogP contribution in [0.4, 0.5) is 5.82 Å². The highest BCUT2D eigenvalue weighted by Gasteiger charge is 2.43. The first-order valence-electron chi connectivity index (χ1n) is 16.0. The molecule has 1 fully saturated rings. The van der Waals surface area contributed by atoms with Crippen molar-refractivity contribution >= 4 is 11.7 Å². The lowest BCUT2D eigenvalue weighted by molar-refractivity contribution is -0.116. The van der Waals surface area contributed by atoms with E-state index in [2.05, 4.69) is 17.2 Å². The fraction of sp³-hybridized carbons (Fsp3) is 0.839. The van der Waals surface area contributed by atoms with Gasteiger partial charge in [0.15, 0.2) is 6.23 Å². The van der Waals surface area contributed by atoms with Crippen LogP contribution in [0.1, 0.15) is 142 Å². The molecule has 0 unspecified atom stereocenters. The zero-order valence-electron chi connectivity index (χ0n) is 24.8. The van der Waals surface area contributed by atoms with Gasteiger partial charge in [-0.15, -0.1) is 0 Å². The fourth-order valence-corrected chi connectivity index (χ4v) is 5.36. The van der Waals surface area contributed by atoms with Gasteiger partial charge in [-0.1, -0.05) is 122 Å². The number of anilines is 1. The van der Waals surface area contributed by atoms with Crippen LogP contribution in [0.15, 0.2) is 17.1 Å². The first-order valence-corrected chi connectivity index (χ1v) is 16.0. The molecule has 0 aliphatic carbocycles. The summed E-state index contributed by atoms with van der Waals surface area (Å²) >= 11 is 0. The molecule has 1 saturated heterocycles. The summed E-state index contributed by atoms with van der Waals surface area (Å²) in [6.07, 6.45) is 21.7. The minimum Gasteiger partial charge on any atom is -0.394 e. The molecule has 4 N–H and O–H groups in total. The second-order valence-electron chi connectivity index (χ2n) is 11.4. The number of aliphatic hydroxyl groups is 3. The zero-order valence-corrected chi connectivity index (χ0v) is 24.8. The first kappa shape index (κ1) is 34.4. The van der Waals surface area contributed by atoms with Gasteiger partial charge in [-0.25, -0.2) is 4.79 Å². The lowest BCUT2D eigenvalue weighted by Crippen LogP contribution is -2.36. The predicted molar refractivity (Wildman–Crippen MR) is 158 cm³/mol. The third kappa shape index (κ3) is 13.2. The highest BCUT2D eigenvalue weighted by Crippen LogP contribution is 2.28. The van der Waals surface area contributed by atoms with E-state index in [9.17, 15) is 24.9 Å². The molecule has 9 heteroatoms. The Morgan fingerprint density at radius 1 is 0.825 bits per heavy atom. The summed E-state index contributed by atoms with van der Waals surface area (Å²) in [5.74, 6) is -0.0552. The van der Waals surface area contributed by atoms with Crippen molar-refractivity contribution in [2.45, 2.75) is 160 Å². The van der Waals surface area contributed by atoms with Gasteiger partial charge in [-0.3, -0.25) is 9.36 Å². The predicted octanol–water partition coefficient (Wildman–Crippen LogP) is 5.62. The topological polar surface area (TPSA) is 134 Å². The van der Waals surface area contributed by atoms with E-state index in [4.69, 9.17) is 4.74 Å². The maximum Gasteiger partial charge on any atom is 0.351 e. The van der Waals surface area contributed by atoms with Crippen molar-refractivity contribution in [3.8, 4) is 0 Å². The third-order valence-electron chi connectivity index (χ3n) is 7.90. The summed E-state index contributed by atoms with van der Waals surface area (Å²) in [5.41, 5.74) is -0.726. The van der Waals surface area contributed by atoms with E-state index in [0.29, 0.717) is 6.42 Å². The average Bonchev–Trinajstić information content (AvgIpc) is 3.23. The average molecular weight is 566 g/mol. The Hall–Kier alpha value is -1.81. The van der Waals surface area contributed by atoms with Crippen molar-refractivity contribution in [1.29, 1.82) is 0 Å². The number of rotatable bonds is 23. The van der Waals surface area contributed by atoms with Crippen LogP contribution in [0.2, 0.25) is 0 Å². The molecule has 1 aliphatic rings. The Morgan fingerprint density at radius 3 is 1.73 bits per heavy atom. The van der Waals surface area contributed by atoms with Crippen LogP contribution in [0.25, 0.3) is 0 Å². The van der Waals surface area contributed by atoms with E-state index in [1.54, 1.807) is 0 Å². The Labute approximate surface area is 240 Å². The summed E-state index contributed by atoms with van der Waals surface area (Å²) < 4.78 is 6.40. The monoisotopic (exact) mass is 565 g/mol. The van der Waals surface area contributed by atoms with Crippen LogP contribution in [0, 0.1) is 0 Å². The van der Waals surface area contributed by atoms with Gasteiger partial charge in [-0.05, 0) is 12.5 Å². The molecule has 40 heavy (non-hydrogen) atoms. The largest absolute Gasteiger partial charge is 0.394 e. The van der Waals surface area contributed by atoms with Crippen LogP contribution < -0.4 is 11.0 Å². The fourth-order valence-electron chi connectivity index (χ4n) is 5.36. The number of carbonyl (C=O) groups is 1. The van der Waals surface area contributed by atoms with Crippen LogP contribution in [0.5, 0.6) is 0 Å². The van der Waals surface area contributed by atoms with Crippen molar-refractivity contribution in [2.75, 3.05) is 11.9 Å². The van der Waals surface area contributed by atoms with Crippen LogP contribution in [0.3, 0.4) is 0 Å². The number of unbranched alkanes of at least 4 members (excludes halogenated alkanes) is 18. The van der Waals surface area contributed by atoms with Gasteiger partial charge in [0.2, 0.25) is 5.91 Å². The summed E-state index contributed by atoms with van der Waals surface area (Å²) in [4.78, 5) is 28.4. The molecule has 2 rings (SSSR count). The number of amides is 1. The van der Waals surface area contributed by atoms with E-state index in [1.165, 1.54) is 115 Å². The molecular formula is C31H55N3O6. The molecule has 1 amide bonds. The number of hydrogen-bond acceptors (Lipinski definition) is 7. The van der Waals surface area contributed by atoms with Crippen LogP contribution in [-0.2, 0) is 9.53 Å². The zero-order chi connectivity index (χ0) is 29.0. The lowest BCUT2D eigenvalue weighted by atomic mass is 10.0. The number of aliphatic hydroxyl groups excluding tert-OH is 3. The Bertz CT molecular complexity index is 864. The third-order valence-corrected chi connectivity index (χ3v) is 7.90. The normalized spacial score (nSPS) is 20.7. The molecule has 1 aromatic rings. The molecule has 230 valence electrons. The number of nitrogens with one attached hydrogen (secondary N) is 1. The van der Waals surface area contributed by atoms with Gasteiger partial charge in [-0.2, -0.15) is 4.98 Å². The first-order chi connectivity index (χ1) is 19.5. The molecule has 0 aromatic carbocycles. The van der Waals surface area contributed by atoms with Gasteiger partial charge in [0.1, 0.15) is 24.1 Å². The number of aromatic nitrogens is 2. The molecular weight excluding hydrogens is 510 g/mol. The van der Waals surface area contributed by atoms with E-state index >= 15 is 0 Å². The molecule has 1 aromatic heterocycles. The van der Waals surface area contributed by atoms with Gasteiger partial charge < -0.3 is 25.4 Å². The number of nitrogens with zero attached hydrogens (tertiary/aromatic N) is 2. The Morgan fingerprint density at radius 2 is 1.30 bits per heavy atom. The van der Waals surface area contributed by atoms with Crippen LogP contribution >= 0.6 is 0 Å². The molecule has 0 saturated carbocycles. The second-order valence-corrected chi connectivity index (χ2v) is 11.4. The van der Waals surface area contributed by atoms with Gasteiger partial charge >= 0.3 is 5.69 Å². The van der Waals surface area contributed by atoms with E-state index in [1.807, 2.05) is 0 Å². The number of hydrogen-bond donors (Lipinski definition) is 4. The highest BCUT2D eigenvalue weighted by atomic mass is 16.6. The molecule has 4 atom stereocenters. The minimum absolute atomic E-state index is 0.135. The quantitative estimate of drug-likeness (QED) is 0.127. The Kier molecular flexibility index (Phi) is 18.0. The van der Waals surface area contributed by atoms with Gasteiger partial charge in [0.05, 0.1) is 6.61 Å². The van der Waals surface area contributed by atoms with Crippen molar-refractivity contribution in [3.63, 3.8) is 0 Å². The summed E-state index contributed by atoms with van der Waals surface area (Å²) in [6, 6.07) is 1.45. The van der Waals surface area contributed by atoms with Crippen molar-refractivity contribution < 1.29 is 24.9 Å². The van der Waals surface area contributed by atoms with Crippen molar-refractivity contribution in [1.82, 2.24) is 9.55 Å². The van der Waals surface area contributed by atoms with E-state index < -0.39 is 36.8 Å². The maximum absolute atomic E-state index is 12.4. The summed E-state index contributed by atoms with van der Waals surface area (Å²) in [7, 11) is 0. The maximum atomic E-state index is 12.4. The molecule has 0 radical (unpaired) electrons. The van der Waals surface area contributed by atoms with Crippen molar-refractivity contribution in [3.05, 3.63) is 22.7 Å². The second kappa shape index (κ2) is 21.0. The van der Waals surface area contributed by atoms with Gasteiger partial charge in [0, 0.05) is 12.6 Å². The lowest BCUT2D eigenvalue weighted by Gasteiger charge is -2.17. The van der Waals surface area contributed by atoms with Crippen LogP contribution in [-0.4, -0.2) is 55.7 Å². The minimum atomic E-state index is -1.37. The highest BCUT2D eigenvalue weighted by molar-refractivity contribution is 5.89. The standard InChI is InChI=1S/C31H55N3O6/c1-2-3-4-5-6-7-8-9-10-11-12-13-14-15-16-17-18-19-20-21-27(36)32-26-22-23-34(31(39)33-26)30-29(38)28(37)25(24-35)40-30/h22-23,25,28-30,35,37-38H,2-21,24H2,1H3,(H,32,33,36,39)/t25-,28-,29+,30+/m0/s1. The molecule has 0 spiro atoms. The summed E-state index contributed by atoms with van der Waals surface area (Å²) in [5, 5.41) is 31.8. The number of ether oxygens (including phenoxy) is 1. The number of carbonyl (C=O) groups excluding carboxylic acids is 1. The van der Waals surface area contributed by atoms with E-state index in [0.717, 1.165) is 23.8 Å². The van der Waals surface area contributed by atoms with E-state index in [-0.39, 0.29) is 11.7 Å². The SMILES string of the molecule is CCCCCCCCCCCCCCCCCCCCCC(=O)Nc1ccn([C@@H]2O[C@@H](CO)[C@H](O)[C@H]2O)c(=O)n1. The van der Waals surface area contributed by atoms with Gasteiger partial charge in [0.25, 0.3) is 0 Å². The molecule has 9 nitrogen and oxygen atoms in total. The summed E-state index contributed by atoms with van der Waals surface area (Å²) in [6.45, 7) is 1.79. The molecule has 0 bridgehead atoms. The van der Waals surface area contributed by atoms with Crippen molar-refractivity contribution in [2.24, 2.45) is 0 Å². The Balaban J connectivity index is 1.43. The molecule has 1 aliphatic heterocycles. The molecule has 2 heterocycles.